The molecule has 1 aliphatic heterocycles. The number of amides is 1. The minimum atomic E-state index is -0.560. The molecule has 4 rings (SSSR count). The molecule has 0 unspecified atom stereocenters. The van der Waals surface area contributed by atoms with Gasteiger partial charge in [0, 0.05) is 6.07 Å². The first kappa shape index (κ1) is 20.1. The molecule has 1 aliphatic carbocycles. The van der Waals surface area contributed by atoms with Gasteiger partial charge in [-0.05, 0) is 66.6 Å². The van der Waals surface area contributed by atoms with Crippen LogP contribution in [-0.2, 0) is 4.79 Å². The predicted molar refractivity (Wildman–Crippen MR) is 113 cm³/mol. The second-order valence-corrected chi connectivity index (χ2v) is 8.01. The van der Waals surface area contributed by atoms with E-state index in [1.807, 2.05) is 0 Å². The van der Waals surface area contributed by atoms with E-state index in [-0.39, 0.29) is 29.1 Å². The van der Waals surface area contributed by atoms with Crippen molar-refractivity contribution in [1.82, 2.24) is 5.32 Å². The van der Waals surface area contributed by atoms with E-state index in [1.54, 1.807) is 12.1 Å². The van der Waals surface area contributed by atoms with Crippen molar-refractivity contribution in [3.8, 4) is 11.5 Å². The predicted octanol–water partition coefficient (Wildman–Crippen LogP) is 5.03. The smallest absolute Gasteiger partial charge is 0.312 e. The third-order valence-electron chi connectivity index (χ3n) is 4.79. The van der Waals surface area contributed by atoms with Gasteiger partial charge in [-0.2, -0.15) is 0 Å². The van der Waals surface area contributed by atoms with Crippen molar-refractivity contribution >= 4 is 34.6 Å². The van der Waals surface area contributed by atoms with Crippen LogP contribution in [0.15, 0.2) is 52.4 Å². The van der Waals surface area contributed by atoms with Gasteiger partial charge in [0.2, 0.25) is 5.75 Å². The molecule has 0 bridgehead atoms. The number of amidine groups is 1. The lowest BCUT2D eigenvalue weighted by Crippen LogP contribution is -2.21. The Labute approximate surface area is 176 Å². The average molecular weight is 427 g/mol. The van der Waals surface area contributed by atoms with Gasteiger partial charge in [0.25, 0.3) is 5.91 Å². The van der Waals surface area contributed by atoms with Crippen LogP contribution in [0.1, 0.15) is 31.2 Å². The molecule has 2 aromatic carbocycles. The molecule has 2 fully saturated rings. The molecule has 30 heavy (non-hydrogen) atoms. The first-order valence-corrected chi connectivity index (χ1v) is 10.3. The van der Waals surface area contributed by atoms with Crippen LogP contribution in [0.2, 0.25) is 0 Å². The van der Waals surface area contributed by atoms with Gasteiger partial charge in [0.15, 0.2) is 5.17 Å². The van der Waals surface area contributed by atoms with Gasteiger partial charge in [0.1, 0.15) is 11.6 Å². The molecule has 1 N–H and O–H groups in total. The van der Waals surface area contributed by atoms with E-state index in [0.717, 1.165) is 25.7 Å². The molecule has 1 saturated heterocycles. The lowest BCUT2D eigenvalue weighted by atomic mass is 10.1. The molecule has 0 aromatic heterocycles. The summed E-state index contributed by atoms with van der Waals surface area (Å²) in [5.41, 5.74) is 0.241. The summed E-state index contributed by atoms with van der Waals surface area (Å²) >= 11 is 1.24. The summed E-state index contributed by atoms with van der Waals surface area (Å²) in [7, 11) is 0. The van der Waals surface area contributed by atoms with E-state index in [1.165, 1.54) is 48.2 Å². The largest absolute Gasteiger partial charge is 0.450 e. The number of nitrogens with zero attached hydrogens (tertiary/aromatic N) is 2. The van der Waals surface area contributed by atoms with Crippen molar-refractivity contribution in [2.24, 2.45) is 4.99 Å². The lowest BCUT2D eigenvalue weighted by molar-refractivity contribution is -0.385. The molecule has 0 atom stereocenters. The van der Waals surface area contributed by atoms with Crippen molar-refractivity contribution < 1.29 is 18.8 Å². The summed E-state index contributed by atoms with van der Waals surface area (Å²) in [4.78, 5) is 28.2. The van der Waals surface area contributed by atoms with E-state index in [0.29, 0.717) is 15.6 Å². The number of carbonyl (C=O) groups excluding carboxylic acids is 1. The summed E-state index contributed by atoms with van der Waals surface area (Å²) in [5, 5.41) is 14.8. The number of aliphatic imine (C=N–C) groups is 1. The number of hydrogen-bond donors (Lipinski definition) is 1. The molecule has 2 aromatic rings. The van der Waals surface area contributed by atoms with E-state index < -0.39 is 10.7 Å². The van der Waals surface area contributed by atoms with Crippen LogP contribution in [0.5, 0.6) is 11.5 Å². The van der Waals surface area contributed by atoms with Crippen molar-refractivity contribution in [3.05, 3.63) is 68.9 Å². The van der Waals surface area contributed by atoms with E-state index in [9.17, 15) is 19.3 Å². The topological polar surface area (TPSA) is 93.8 Å². The Morgan fingerprint density at radius 3 is 2.63 bits per heavy atom. The zero-order chi connectivity index (χ0) is 21.1. The molecule has 2 aliphatic rings. The molecule has 1 saturated carbocycles. The Morgan fingerprint density at radius 1 is 1.20 bits per heavy atom. The number of nitro benzene ring substituents is 1. The van der Waals surface area contributed by atoms with Gasteiger partial charge in [-0.1, -0.05) is 18.9 Å². The third kappa shape index (κ3) is 4.68. The Hall–Kier alpha value is -3.20. The molecule has 1 amide bonds. The summed E-state index contributed by atoms with van der Waals surface area (Å²) in [5.74, 6) is -0.391. The van der Waals surface area contributed by atoms with Gasteiger partial charge < -0.3 is 10.1 Å². The van der Waals surface area contributed by atoms with Crippen LogP contribution >= 0.6 is 11.8 Å². The summed E-state index contributed by atoms with van der Waals surface area (Å²) in [6.45, 7) is 0. The monoisotopic (exact) mass is 427 g/mol. The highest BCUT2D eigenvalue weighted by Gasteiger charge is 2.26. The Morgan fingerprint density at radius 2 is 1.93 bits per heavy atom. The Bertz CT molecular complexity index is 1050. The second-order valence-electron chi connectivity index (χ2n) is 6.98. The number of thioether (sulfide) groups is 1. The quantitative estimate of drug-likeness (QED) is 0.410. The van der Waals surface area contributed by atoms with Crippen LogP contribution in [0.25, 0.3) is 6.08 Å². The van der Waals surface area contributed by atoms with Crippen molar-refractivity contribution in [1.29, 1.82) is 0 Å². The Balaban J connectivity index is 1.55. The van der Waals surface area contributed by atoms with Crippen LogP contribution in [-0.4, -0.2) is 22.0 Å². The number of rotatable bonds is 5. The van der Waals surface area contributed by atoms with Gasteiger partial charge in [-0.15, -0.1) is 0 Å². The fourth-order valence-corrected chi connectivity index (χ4v) is 4.21. The van der Waals surface area contributed by atoms with Crippen LogP contribution < -0.4 is 10.1 Å². The number of halogens is 1. The third-order valence-corrected chi connectivity index (χ3v) is 5.72. The molecule has 154 valence electrons. The number of nitrogens with one attached hydrogen (secondary N) is 1. The zero-order valence-electron chi connectivity index (χ0n) is 15.8. The van der Waals surface area contributed by atoms with Crippen molar-refractivity contribution in [3.63, 3.8) is 0 Å². The number of nitro groups is 1. The highest BCUT2D eigenvalue weighted by molar-refractivity contribution is 8.18. The lowest BCUT2D eigenvalue weighted by Gasteiger charge is -2.07. The standard InChI is InChI=1S/C21H18FN3O4S/c22-14-6-8-16(9-7-14)29-18-10-5-13(11-17(18)25(27)28)12-19-20(26)24-21(30-19)23-15-3-1-2-4-15/h5-12,15H,1-4H2,(H,23,24,26). The van der Waals surface area contributed by atoms with Crippen LogP contribution in [0.4, 0.5) is 10.1 Å². The maximum Gasteiger partial charge on any atom is 0.312 e. The van der Waals surface area contributed by atoms with E-state index >= 15 is 0 Å². The molecule has 1 heterocycles. The molecule has 9 heteroatoms. The molecular formula is C21H18FN3O4S. The minimum absolute atomic E-state index is 0.0285. The van der Waals surface area contributed by atoms with E-state index in [2.05, 4.69) is 10.3 Å². The highest BCUT2D eigenvalue weighted by Crippen LogP contribution is 2.34. The minimum Gasteiger partial charge on any atom is -0.450 e. The number of benzene rings is 2. The van der Waals surface area contributed by atoms with Gasteiger partial charge in [-0.25, -0.2) is 4.39 Å². The van der Waals surface area contributed by atoms with Gasteiger partial charge in [-0.3, -0.25) is 19.9 Å². The maximum absolute atomic E-state index is 13.0. The summed E-state index contributed by atoms with van der Waals surface area (Å²) in [6, 6.07) is 9.86. The van der Waals surface area contributed by atoms with Crippen LogP contribution in [0.3, 0.4) is 0 Å². The second kappa shape index (κ2) is 8.66. The van der Waals surface area contributed by atoms with Gasteiger partial charge in [0.05, 0.1) is 15.9 Å². The van der Waals surface area contributed by atoms with Crippen molar-refractivity contribution in [2.45, 2.75) is 31.7 Å². The first-order chi connectivity index (χ1) is 14.5. The SMILES string of the molecule is O=C1NC(=NC2CCCC2)SC1=Cc1ccc(Oc2ccc(F)cc2)c([N+](=O)[O-])c1. The highest BCUT2D eigenvalue weighted by atomic mass is 32.2. The summed E-state index contributed by atoms with van der Waals surface area (Å²) < 4.78 is 18.6. The molecule has 0 radical (unpaired) electrons. The number of hydrogen-bond acceptors (Lipinski definition) is 6. The molecule has 0 spiro atoms. The molecular weight excluding hydrogens is 409 g/mol. The normalized spacial score (nSPS) is 19.4. The van der Waals surface area contributed by atoms with Gasteiger partial charge >= 0.3 is 5.69 Å². The summed E-state index contributed by atoms with van der Waals surface area (Å²) in [6.07, 6.45) is 5.95. The average Bonchev–Trinajstić information content (AvgIpc) is 3.34. The van der Waals surface area contributed by atoms with Crippen LogP contribution in [0, 0.1) is 15.9 Å². The van der Waals surface area contributed by atoms with E-state index in [4.69, 9.17) is 4.74 Å². The fourth-order valence-electron chi connectivity index (χ4n) is 3.32. The van der Waals surface area contributed by atoms with Crippen molar-refractivity contribution in [2.75, 3.05) is 0 Å². The number of carbonyl (C=O) groups is 1. The number of ether oxygens (including phenoxy) is 1. The fraction of sp³-hybridized carbons (Fsp3) is 0.238. The Kier molecular flexibility index (Phi) is 5.80. The first-order valence-electron chi connectivity index (χ1n) is 9.48. The zero-order valence-corrected chi connectivity index (χ0v) is 16.7. The maximum atomic E-state index is 13.0. The molecule has 7 nitrogen and oxygen atoms in total.